The van der Waals surface area contributed by atoms with E-state index in [1.54, 1.807) is 13.0 Å². The minimum atomic E-state index is -0.492. The van der Waals surface area contributed by atoms with E-state index in [-0.39, 0.29) is 5.82 Å². The predicted octanol–water partition coefficient (Wildman–Crippen LogP) is 3.23. The largest absolute Gasteiger partial charge is 0.388 e. The molecule has 17 heavy (non-hydrogen) atoms. The Morgan fingerprint density at radius 3 is 2.82 bits per heavy atom. The number of thiazole rings is 1. The van der Waals surface area contributed by atoms with Crippen molar-refractivity contribution in [1.29, 1.82) is 0 Å². The Balaban J connectivity index is 2.22. The van der Waals surface area contributed by atoms with Crippen molar-refractivity contribution in [3.63, 3.8) is 0 Å². The molecule has 4 heteroatoms. The summed E-state index contributed by atoms with van der Waals surface area (Å²) in [6.45, 7) is 3.61. The van der Waals surface area contributed by atoms with Crippen LogP contribution in [0.2, 0.25) is 0 Å². The molecule has 0 amide bonds. The SMILES string of the molecule is Cc1nc(Cc2cccc(F)c2)sc1C(C)O. The first-order chi connectivity index (χ1) is 8.06. The van der Waals surface area contributed by atoms with Crippen molar-refractivity contribution in [2.24, 2.45) is 0 Å². The normalized spacial score (nSPS) is 12.7. The number of halogens is 1. The van der Waals surface area contributed by atoms with Crippen molar-refractivity contribution in [1.82, 2.24) is 4.98 Å². The molecule has 0 aliphatic carbocycles. The zero-order chi connectivity index (χ0) is 12.4. The van der Waals surface area contributed by atoms with Crippen molar-refractivity contribution >= 4 is 11.3 Å². The maximum absolute atomic E-state index is 13.0. The van der Waals surface area contributed by atoms with Crippen LogP contribution in [0.25, 0.3) is 0 Å². The van der Waals surface area contributed by atoms with Crippen molar-refractivity contribution in [3.8, 4) is 0 Å². The standard InChI is InChI=1S/C13H14FNOS/c1-8-13(9(2)16)17-12(15-8)7-10-4-3-5-11(14)6-10/h3-6,9,16H,7H2,1-2H3. The van der Waals surface area contributed by atoms with Crippen LogP contribution in [0.15, 0.2) is 24.3 Å². The molecule has 1 aromatic carbocycles. The number of hydrogen-bond donors (Lipinski definition) is 1. The van der Waals surface area contributed by atoms with Gasteiger partial charge in [0, 0.05) is 6.42 Å². The number of benzene rings is 1. The summed E-state index contributed by atoms with van der Waals surface area (Å²) >= 11 is 1.48. The molecular weight excluding hydrogens is 237 g/mol. The molecule has 0 radical (unpaired) electrons. The molecule has 0 aliphatic rings. The Morgan fingerprint density at radius 2 is 2.24 bits per heavy atom. The molecule has 2 aromatic rings. The van der Waals surface area contributed by atoms with Gasteiger partial charge in [0.1, 0.15) is 5.82 Å². The predicted molar refractivity (Wildman–Crippen MR) is 66.7 cm³/mol. The quantitative estimate of drug-likeness (QED) is 0.908. The third-order valence-corrected chi connectivity index (χ3v) is 3.83. The Bertz CT molecular complexity index is 522. The van der Waals surface area contributed by atoms with Crippen LogP contribution in [-0.2, 0) is 6.42 Å². The number of aryl methyl sites for hydroxylation is 1. The van der Waals surface area contributed by atoms with Gasteiger partial charge >= 0.3 is 0 Å². The molecule has 2 nitrogen and oxygen atoms in total. The molecule has 1 N–H and O–H groups in total. The fourth-order valence-corrected chi connectivity index (χ4v) is 2.79. The van der Waals surface area contributed by atoms with E-state index in [1.165, 1.54) is 23.5 Å². The van der Waals surface area contributed by atoms with Crippen molar-refractivity contribution in [2.75, 3.05) is 0 Å². The highest BCUT2D eigenvalue weighted by Crippen LogP contribution is 2.26. The highest BCUT2D eigenvalue weighted by atomic mass is 32.1. The van der Waals surface area contributed by atoms with Crippen LogP contribution in [0.1, 0.15) is 34.2 Å². The van der Waals surface area contributed by atoms with Gasteiger partial charge in [0.25, 0.3) is 0 Å². The first-order valence-electron chi connectivity index (χ1n) is 5.45. The number of nitrogens with zero attached hydrogens (tertiary/aromatic N) is 1. The molecule has 0 bridgehead atoms. The van der Waals surface area contributed by atoms with Crippen molar-refractivity contribution < 1.29 is 9.50 Å². The van der Waals surface area contributed by atoms with Crippen LogP contribution in [0.4, 0.5) is 4.39 Å². The van der Waals surface area contributed by atoms with E-state index >= 15 is 0 Å². The summed E-state index contributed by atoms with van der Waals surface area (Å²) in [6, 6.07) is 6.51. The van der Waals surface area contributed by atoms with Gasteiger partial charge in [0.2, 0.25) is 0 Å². The maximum Gasteiger partial charge on any atom is 0.123 e. The second kappa shape index (κ2) is 4.94. The van der Waals surface area contributed by atoms with Gasteiger partial charge in [-0.2, -0.15) is 0 Å². The van der Waals surface area contributed by atoms with Gasteiger partial charge in [-0.25, -0.2) is 9.37 Å². The Kier molecular flexibility index (Phi) is 3.54. The van der Waals surface area contributed by atoms with E-state index in [0.717, 1.165) is 21.1 Å². The van der Waals surface area contributed by atoms with Crippen molar-refractivity contribution in [3.05, 3.63) is 51.2 Å². The molecule has 0 spiro atoms. The number of aliphatic hydroxyl groups is 1. The summed E-state index contributed by atoms with van der Waals surface area (Å²) in [5.41, 5.74) is 1.76. The lowest BCUT2D eigenvalue weighted by molar-refractivity contribution is 0.202. The molecule has 0 aliphatic heterocycles. The number of hydrogen-bond acceptors (Lipinski definition) is 3. The van der Waals surface area contributed by atoms with E-state index in [2.05, 4.69) is 4.98 Å². The van der Waals surface area contributed by atoms with E-state index in [9.17, 15) is 9.50 Å². The molecule has 1 aromatic heterocycles. The monoisotopic (exact) mass is 251 g/mol. The highest BCUT2D eigenvalue weighted by molar-refractivity contribution is 7.11. The molecule has 90 valence electrons. The minimum Gasteiger partial charge on any atom is -0.388 e. The van der Waals surface area contributed by atoms with Crippen molar-refractivity contribution in [2.45, 2.75) is 26.4 Å². The lowest BCUT2D eigenvalue weighted by atomic mass is 10.1. The van der Waals surface area contributed by atoms with Crippen LogP contribution < -0.4 is 0 Å². The maximum atomic E-state index is 13.0. The number of aromatic nitrogens is 1. The number of aliphatic hydroxyl groups excluding tert-OH is 1. The molecule has 1 unspecified atom stereocenters. The summed E-state index contributed by atoms with van der Waals surface area (Å²) in [4.78, 5) is 5.28. The molecule has 2 rings (SSSR count). The van der Waals surface area contributed by atoms with Gasteiger partial charge in [-0.1, -0.05) is 12.1 Å². The summed E-state index contributed by atoms with van der Waals surface area (Å²) in [5.74, 6) is -0.230. The molecule has 1 heterocycles. The van der Waals surface area contributed by atoms with Crippen LogP contribution in [-0.4, -0.2) is 10.1 Å². The van der Waals surface area contributed by atoms with Gasteiger partial charge in [-0.05, 0) is 31.5 Å². The van der Waals surface area contributed by atoms with Crippen LogP contribution in [0, 0.1) is 12.7 Å². The molecular formula is C13H14FNOS. The Labute approximate surface area is 104 Å². The average Bonchev–Trinajstić information content (AvgIpc) is 2.59. The van der Waals surface area contributed by atoms with Crippen LogP contribution >= 0.6 is 11.3 Å². The first kappa shape index (κ1) is 12.2. The van der Waals surface area contributed by atoms with Gasteiger partial charge in [-0.3, -0.25) is 0 Å². The second-order valence-electron chi connectivity index (χ2n) is 4.04. The third kappa shape index (κ3) is 2.90. The highest BCUT2D eigenvalue weighted by Gasteiger charge is 2.12. The smallest absolute Gasteiger partial charge is 0.123 e. The first-order valence-corrected chi connectivity index (χ1v) is 6.26. The van der Waals surface area contributed by atoms with E-state index < -0.39 is 6.10 Å². The fourth-order valence-electron chi connectivity index (χ4n) is 1.75. The topological polar surface area (TPSA) is 33.1 Å². The number of rotatable bonds is 3. The van der Waals surface area contributed by atoms with E-state index in [4.69, 9.17) is 0 Å². The fraction of sp³-hybridized carbons (Fsp3) is 0.308. The second-order valence-corrected chi connectivity index (χ2v) is 5.16. The van der Waals surface area contributed by atoms with Gasteiger partial charge in [0.15, 0.2) is 0 Å². The molecule has 0 saturated carbocycles. The summed E-state index contributed by atoms with van der Waals surface area (Å²) < 4.78 is 13.0. The zero-order valence-electron chi connectivity index (χ0n) is 9.77. The lowest BCUT2D eigenvalue weighted by Gasteiger charge is -1.99. The summed E-state index contributed by atoms with van der Waals surface area (Å²) in [5, 5.41) is 10.4. The summed E-state index contributed by atoms with van der Waals surface area (Å²) in [7, 11) is 0. The molecule has 0 fully saturated rings. The lowest BCUT2D eigenvalue weighted by Crippen LogP contribution is -1.89. The Hall–Kier alpha value is -1.26. The van der Waals surface area contributed by atoms with E-state index in [1.807, 2.05) is 13.0 Å². The molecule has 0 saturated heterocycles. The van der Waals surface area contributed by atoms with Gasteiger partial charge < -0.3 is 5.11 Å². The minimum absolute atomic E-state index is 0.230. The van der Waals surface area contributed by atoms with E-state index in [0.29, 0.717) is 6.42 Å². The average molecular weight is 251 g/mol. The van der Waals surface area contributed by atoms with Crippen LogP contribution in [0.3, 0.4) is 0 Å². The zero-order valence-corrected chi connectivity index (χ0v) is 10.6. The van der Waals surface area contributed by atoms with Gasteiger partial charge in [-0.15, -0.1) is 11.3 Å². The van der Waals surface area contributed by atoms with Crippen LogP contribution in [0.5, 0.6) is 0 Å². The summed E-state index contributed by atoms with van der Waals surface area (Å²) in [6.07, 6.45) is 0.115. The third-order valence-electron chi connectivity index (χ3n) is 2.50. The Morgan fingerprint density at radius 1 is 1.47 bits per heavy atom. The van der Waals surface area contributed by atoms with Gasteiger partial charge in [0.05, 0.1) is 21.7 Å². The molecule has 1 atom stereocenters.